The maximum Gasteiger partial charge on any atom is 0.256 e. The average Bonchev–Trinajstić information content (AvgIpc) is 3.54. The molecule has 1 aliphatic heterocycles. The summed E-state index contributed by atoms with van der Waals surface area (Å²) in [6.45, 7) is 4.25. The third kappa shape index (κ3) is 3.77. The van der Waals surface area contributed by atoms with Crippen molar-refractivity contribution in [2.45, 2.75) is 70.9 Å². The van der Waals surface area contributed by atoms with E-state index in [4.69, 9.17) is 0 Å². The van der Waals surface area contributed by atoms with Gasteiger partial charge in [0.1, 0.15) is 0 Å². The highest BCUT2D eigenvalue weighted by Crippen LogP contribution is 2.63. The number of pyridine rings is 1. The fourth-order valence-electron chi connectivity index (χ4n) is 7.14. The number of aromatic nitrogens is 1. The predicted octanol–water partition coefficient (Wildman–Crippen LogP) is 5.67. The molecule has 1 aromatic heterocycles. The van der Waals surface area contributed by atoms with Gasteiger partial charge in [0, 0.05) is 18.3 Å². The smallest absolute Gasteiger partial charge is 0.256 e. The highest BCUT2D eigenvalue weighted by molar-refractivity contribution is 5.72. The van der Waals surface area contributed by atoms with Gasteiger partial charge in [-0.25, -0.2) is 8.78 Å². The molecule has 3 fully saturated rings. The zero-order valence-electron chi connectivity index (χ0n) is 19.5. The van der Waals surface area contributed by atoms with Gasteiger partial charge in [-0.15, -0.1) is 0 Å². The van der Waals surface area contributed by atoms with Crippen LogP contribution >= 0.6 is 0 Å². The normalized spacial score (nSPS) is 31.2. The minimum absolute atomic E-state index is 0.348. The van der Waals surface area contributed by atoms with Crippen LogP contribution in [0.15, 0.2) is 52.5 Å². The molecule has 0 radical (unpaired) electrons. The maximum absolute atomic E-state index is 12.9. The molecule has 1 saturated heterocycles. The molecule has 5 aliphatic rings. The van der Waals surface area contributed by atoms with Gasteiger partial charge in [0.15, 0.2) is 0 Å². The van der Waals surface area contributed by atoms with E-state index in [2.05, 4.69) is 30.1 Å². The largest absolute Gasteiger partial charge is 0.309 e. The Morgan fingerprint density at radius 2 is 1.97 bits per heavy atom. The molecule has 3 nitrogen and oxygen atoms in total. The summed E-state index contributed by atoms with van der Waals surface area (Å²) >= 11 is 0. The lowest BCUT2D eigenvalue weighted by atomic mass is 9.72. The summed E-state index contributed by atoms with van der Waals surface area (Å²) in [5.41, 5.74) is 4.97. The van der Waals surface area contributed by atoms with Gasteiger partial charge >= 0.3 is 0 Å². The Hall–Kier alpha value is -2.01. The number of alkyl halides is 2. The zero-order chi connectivity index (χ0) is 22.7. The first kappa shape index (κ1) is 21.5. The van der Waals surface area contributed by atoms with Crippen molar-refractivity contribution in [2.24, 2.45) is 23.2 Å². The van der Waals surface area contributed by atoms with Crippen LogP contribution in [0.25, 0.3) is 5.57 Å². The number of allylic oxidation sites excluding steroid dienone is 6. The van der Waals surface area contributed by atoms with Crippen molar-refractivity contribution in [1.82, 2.24) is 9.47 Å². The molecule has 6 rings (SSSR count). The topological polar surface area (TPSA) is 25.2 Å². The molecule has 2 unspecified atom stereocenters. The van der Waals surface area contributed by atoms with E-state index in [1.165, 1.54) is 63.3 Å². The van der Waals surface area contributed by atoms with Gasteiger partial charge in [0.2, 0.25) is 0 Å². The number of rotatable bonds is 4. The Kier molecular flexibility index (Phi) is 5.24. The van der Waals surface area contributed by atoms with Crippen LogP contribution in [0.3, 0.4) is 0 Å². The monoisotopic (exact) mass is 452 g/mol. The lowest BCUT2D eigenvalue weighted by Gasteiger charge is -2.46. The summed E-state index contributed by atoms with van der Waals surface area (Å²) in [4.78, 5) is 14.8. The second kappa shape index (κ2) is 8.04. The fourth-order valence-corrected chi connectivity index (χ4v) is 7.14. The molecule has 0 aromatic carbocycles. The van der Waals surface area contributed by atoms with Crippen molar-refractivity contribution in [3.63, 3.8) is 0 Å². The molecule has 33 heavy (non-hydrogen) atoms. The molecule has 2 heterocycles. The molecule has 1 aromatic rings. The van der Waals surface area contributed by atoms with Crippen molar-refractivity contribution >= 4 is 5.57 Å². The molecular weight excluding hydrogens is 418 g/mol. The number of nitrogens with zero attached hydrogens (tertiary/aromatic N) is 2. The van der Waals surface area contributed by atoms with E-state index in [0.29, 0.717) is 17.3 Å². The molecule has 2 saturated carbocycles. The van der Waals surface area contributed by atoms with Gasteiger partial charge in [-0.3, -0.25) is 4.79 Å². The van der Waals surface area contributed by atoms with Gasteiger partial charge in [0.05, 0.1) is 6.54 Å². The van der Waals surface area contributed by atoms with Crippen molar-refractivity contribution < 1.29 is 8.78 Å². The third-order valence-electron chi connectivity index (χ3n) is 9.25. The number of likely N-dealkylation sites (tertiary alicyclic amines) is 1. The molecule has 0 bridgehead atoms. The molecule has 4 aliphatic carbocycles. The maximum atomic E-state index is 12.9. The lowest BCUT2D eigenvalue weighted by molar-refractivity contribution is 0.0526. The van der Waals surface area contributed by atoms with Crippen LogP contribution in [0, 0.1) is 23.2 Å². The summed E-state index contributed by atoms with van der Waals surface area (Å²) in [7, 11) is 0. The van der Waals surface area contributed by atoms with Crippen LogP contribution in [-0.4, -0.2) is 35.0 Å². The number of halogens is 2. The Balaban J connectivity index is 1.27. The van der Waals surface area contributed by atoms with Crippen LogP contribution in [0.2, 0.25) is 0 Å². The predicted molar refractivity (Wildman–Crippen MR) is 127 cm³/mol. The summed E-state index contributed by atoms with van der Waals surface area (Å²) in [5.74, 6) is 1.93. The van der Waals surface area contributed by atoms with Crippen molar-refractivity contribution in [2.75, 3.05) is 13.1 Å². The summed E-state index contributed by atoms with van der Waals surface area (Å²) in [5, 5.41) is 0. The zero-order valence-corrected chi connectivity index (χ0v) is 19.5. The lowest BCUT2D eigenvalue weighted by Crippen LogP contribution is -2.48. The highest BCUT2D eigenvalue weighted by Gasteiger charge is 2.55. The molecule has 3 atom stereocenters. The summed E-state index contributed by atoms with van der Waals surface area (Å²) < 4.78 is 27.0. The van der Waals surface area contributed by atoms with Crippen LogP contribution in [0.4, 0.5) is 8.78 Å². The Bertz CT molecular complexity index is 1090. The minimum Gasteiger partial charge on any atom is -0.309 e. The summed E-state index contributed by atoms with van der Waals surface area (Å²) in [6, 6.07) is 4.07. The van der Waals surface area contributed by atoms with Crippen molar-refractivity contribution in [1.29, 1.82) is 0 Å². The van der Waals surface area contributed by atoms with E-state index >= 15 is 0 Å². The summed E-state index contributed by atoms with van der Waals surface area (Å²) in [6.07, 6.45) is 15.3. The SMILES string of the molecule is CC1CC(c2ccc(=O)n(CC(F)F)c2)=CC2=C1C1C[C@@H]1C1(C=C2)CCN(C2CCC2)CC1. The standard InChI is InChI=1S/C28H34F2N2O/c1-18-13-21(20-5-6-26(33)32(16-20)17-25(29)30)14-19-7-8-28(24-15-23(24)27(18)19)9-11-31(12-10-28)22-3-2-4-22/h5-8,14,16,18,22-25H,2-4,9-13,15,17H2,1H3/t18?,23?,24-/m0/s1. The van der Waals surface area contributed by atoms with E-state index in [-0.39, 0.29) is 5.56 Å². The molecule has 1 spiro atoms. The molecular formula is C28H34F2N2O. The second-order valence-electron chi connectivity index (χ2n) is 11.1. The number of hydrogen-bond donors (Lipinski definition) is 0. The van der Waals surface area contributed by atoms with Crippen molar-refractivity contribution in [3.05, 3.63) is 63.6 Å². The van der Waals surface area contributed by atoms with E-state index in [9.17, 15) is 13.6 Å². The van der Waals surface area contributed by atoms with Gasteiger partial charge in [-0.05, 0) is 97.6 Å². The quantitative estimate of drug-likeness (QED) is 0.588. The van der Waals surface area contributed by atoms with E-state index < -0.39 is 13.0 Å². The van der Waals surface area contributed by atoms with Gasteiger partial charge in [-0.1, -0.05) is 37.1 Å². The van der Waals surface area contributed by atoms with Crippen molar-refractivity contribution in [3.8, 4) is 0 Å². The van der Waals surface area contributed by atoms with E-state index in [1.807, 2.05) is 0 Å². The molecule has 0 N–H and O–H groups in total. The second-order valence-corrected chi connectivity index (χ2v) is 11.1. The number of hydrogen-bond acceptors (Lipinski definition) is 2. The molecule has 5 heteroatoms. The highest BCUT2D eigenvalue weighted by atomic mass is 19.3. The van der Waals surface area contributed by atoms with Gasteiger partial charge < -0.3 is 9.47 Å². The number of piperidine rings is 1. The Labute approximate surface area is 194 Å². The first-order valence-corrected chi connectivity index (χ1v) is 12.8. The number of fused-ring (bicyclic) bond motifs is 3. The van der Waals surface area contributed by atoms with E-state index in [1.54, 1.807) is 17.8 Å². The minimum atomic E-state index is -2.53. The molecule has 176 valence electrons. The van der Waals surface area contributed by atoms with Gasteiger partial charge in [0.25, 0.3) is 12.0 Å². The fraction of sp³-hybridized carbons (Fsp3) is 0.607. The Morgan fingerprint density at radius 1 is 1.18 bits per heavy atom. The third-order valence-corrected chi connectivity index (χ3v) is 9.25. The van der Waals surface area contributed by atoms with Crippen LogP contribution in [-0.2, 0) is 6.54 Å². The average molecular weight is 453 g/mol. The van der Waals surface area contributed by atoms with E-state index in [0.717, 1.165) is 34.1 Å². The molecule has 0 amide bonds. The van der Waals surface area contributed by atoms with Crippen LogP contribution in [0.1, 0.15) is 57.4 Å². The van der Waals surface area contributed by atoms with Crippen LogP contribution in [0.5, 0.6) is 0 Å². The first-order chi connectivity index (χ1) is 15.9. The van der Waals surface area contributed by atoms with Gasteiger partial charge in [-0.2, -0.15) is 0 Å². The first-order valence-electron chi connectivity index (χ1n) is 12.8. The Morgan fingerprint density at radius 3 is 2.67 bits per heavy atom. The van der Waals surface area contributed by atoms with Crippen LogP contribution < -0.4 is 5.56 Å².